The molecular formula is C17H20ClN3O. The molecule has 0 aliphatic rings. The molecule has 1 aromatic heterocycles. The number of benzene rings is 2. The Balaban J connectivity index is 0.00000176. The Morgan fingerprint density at radius 2 is 1.68 bits per heavy atom. The van der Waals surface area contributed by atoms with Gasteiger partial charge in [0.05, 0.1) is 11.0 Å². The summed E-state index contributed by atoms with van der Waals surface area (Å²) < 4.78 is 0. The Labute approximate surface area is 135 Å². The number of hydrogen-bond donors (Lipinski definition) is 3. The van der Waals surface area contributed by atoms with E-state index in [0.29, 0.717) is 5.92 Å². The van der Waals surface area contributed by atoms with Crippen molar-refractivity contribution in [3.05, 3.63) is 64.1 Å². The summed E-state index contributed by atoms with van der Waals surface area (Å²) in [7, 11) is 0. The molecule has 0 bridgehead atoms. The second kappa shape index (κ2) is 6.71. The fourth-order valence-electron chi connectivity index (χ4n) is 2.37. The molecule has 0 saturated heterocycles. The summed E-state index contributed by atoms with van der Waals surface area (Å²) in [5.41, 5.74) is 5.05. The molecule has 0 amide bonds. The van der Waals surface area contributed by atoms with Crippen LogP contribution in [0.5, 0.6) is 0 Å². The average molecular weight is 318 g/mol. The highest BCUT2D eigenvalue weighted by Crippen LogP contribution is 2.17. The fraction of sp³-hybridized carbons (Fsp3) is 0.235. The van der Waals surface area contributed by atoms with Crippen LogP contribution >= 0.6 is 12.4 Å². The van der Waals surface area contributed by atoms with Crippen LogP contribution in [0.15, 0.2) is 47.3 Å². The number of H-pyrrole nitrogens is 2. The molecule has 0 atom stereocenters. The molecule has 0 radical (unpaired) electrons. The van der Waals surface area contributed by atoms with Gasteiger partial charge in [-0.25, -0.2) is 4.79 Å². The molecule has 0 saturated carbocycles. The number of hydrogen-bond acceptors (Lipinski definition) is 2. The first kappa shape index (κ1) is 16.2. The van der Waals surface area contributed by atoms with Crippen LogP contribution in [0.4, 0.5) is 5.69 Å². The quantitative estimate of drug-likeness (QED) is 0.680. The Hall–Kier alpha value is -2.20. The van der Waals surface area contributed by atoms with Crippen LogP contribution in [0, 0.1) is 0 Å². The van der Waals surface area contributed by atoms with Gasteiger partial charge in [-0.1, -0.05) is 38.1 Å². The predicted molar refractivity (Wildman–Crippen MR) is 94.0 cm³/mol. The lowest BCUT2D eigenvalue weighted by Crippen LogP contribution is -2.00. The molecular weight excluding hydrogens is 298 g/mol. The number of anilines is 1. The van der Waals surface area contributed by atoms with E-state index in [4.69, 9.17) is 0 Å². The van der Waals surface area contributed by atoms with Crippen LogP contribution in [0.25, 0.3) is 11.0 Å². The first-order valence-electron chi connectivity index (χ1n) is 7.16. The molecule has 4 nitrogen and oxygen atoms in total. The number of rotatable bonds is 4. The third-order valence-electron chi connectivity index (χ3n) is 3.66. The number of aromatic nitrogens is 2. The predicted octanol–water partition coefficient (Wildman–Crippen LogP) is 4.01. The van der Waals surface area contributed by atoms with E-state index in [9.17, 15) is 4.79 Å². The SMILES string of the molecule is CC(C)c1ccc(CNc2ccc3[nH]c(=O)[nH]c3c2)cc1.Cl. The average Bonchev–Trinajstić information content (AvgIpc) is 2.84. The molecule has 1 heterocycles. The van der Waals surface area contributed by atoms with Crippen molar-refractivity contribution in [2.75, 3.05) is 5.32 Å². The van der Waals surface area contributed by atoms with Crippen LogP contribution < -0.4 is 11.0 Å². The van der Waals surface area contributed by atoms with E-state index < -0.39 is 0 Å². The number of nitrogens with one attached hydrogen (secondary N) is 3. The van der Waals surface area contributed by atoms with E-state index in [0.717, 1.165) is 23.3 Å². The zero-order valence-electron chi connectivity index (χ0n) is 12.6. The summed E-state index contributed by atoms with van der Waals surface area (Å²) in [6, 6.07) is 14.5. The Morgan fingerprint density at radius 1 is 1.00 bits per heavy atom. The maximum atomic E-state index is 11.2. The van der Waals surface area contributed by atoms with Crippen molar-refractivity contribution in [1.29, 1.82) is 0 Å². The third kappa shape index (κ3) is 3.52. The van der Waals surface area contributed by atoms with E-state index in [1.54, 1.807) is 0 Å². The second-order valence-corrected chi connectivity index (χ2v) is 5.59. The van der Waals surface area contributed by atoms with Gasteiger partial charge in [0.15, 0.2) is 0 Å². The van der Waals surface area contributed by atoms with Gasteiger partial charge in [0, 0.05) is 12.2 Å². The van der Waals surface area contributed by atoms with Crippen molar-refractivity contribution in [1.82, 2.24) is 9.97 Å². The van der Waals surface area contributed by atoms with E-state index in [1.807, 2.05) is 18.2 Å². The zero-order chi connectivity index (χ0) is 14.8. The first-order valence-corrected chi connectivity index (χ1v) is 7.16. The molecule has 116 valence electrons. The van der Waals surface area contributed by atoms with Crippen molar-refractivity contribution >= 4 is 29.1 Å². The summed E-state index contributed by atoms with van der Waals surface area (Å²) in [5.74, 6) is 0.555. The van der Waals surface area contributed by atoms with Gasteiger partial charge in [0.25, 0.3) is 0 Å². The molecule has 0 aliphatic carbocycles. The minimum Gasteiger partial charge on any atom is -0.381 e. The minimum atomic E-state index is -0.175. The molecule has 0 aliphatic heterocycles. The van der Waals surface area contributed by atoms with Gasteiger partial charge in [-0.3, -0.25) is 0 Å². The molecule has 0 fully saturated rings. The first-order chi connectivity index (χ1) is 10.1. The van der Waals surface area contributed by atoms with E-state index in [2.05, 4.69) is 53.4 Å². The normalized spacial score (nSPS) is 10.7. The van der Waals surface area contributed by atoms with Crippen LogP contribution in [-0.2, 0) is 6.54 Å². The van der Waals surface area contributed by atoms with Gasteiger partial charge in [-0.15, -0.1) is 12.4 Å². The van der Waals surface area contributed by atoms with Gasteiger partial charge in [0.2, 0.25) is 0 Å². The third-order valence-corrected chi connectivity index (χ3v) is 3.66. The summed E-state index contributed by atoms with van der Waals surface area (Å²) >= 11 is 0. The molecule has 22 heavy (non-hydrogen) atoms. The fourth-order valence-corrected chi connectivity index (χ4v) is 2.37. The largest absolute Gasteiger partial charge is 0.381 e. The Morgan fingerprint density at radius 3 is 2.36 bits per heavy atom. The highest BCUT2D eigenvalue weighted by Gasteiger charge is 2.01. The summed E-state index contributed by atoms with van der Waals surface area (Å²) in [5, 5.41) is 3.38. The molecule has 0 unspecified atom stereocenters. The van der Waals surface area contributed by atoms with Crippen LogP contribution in [0.3, 0.4) is 0 Å². The van der Waals surface area contributed by atoms with Gasteiger partial charge >= 0.3 is 5.69 Å². The van der Waals surface area contributed by atoms with Crippen molar-refractivity contribution < 1.29 is 0 Å². The van der Waals surface area contributed by atoms with Crippen molar-refractivity contribution in [3.63, 3.8) is 0 Å². The van der Waals surface area contributed by atoms with Gasteiger partial charge < -0.3 is 15.3 Å². The highest BCUT2D eigenvalue weighted by molar-refractivity contribution is 5.85. The van der Waals surface area contributed by atoms with E-state index >= 15 is 0 Å². The van der Waals surface area contributed by atoms with E-state index in [1.165, 1.54) is 11.1 Å². The second-order valence-electron chi connectivity index (χ2n) is 5.59. The van der Waals surface area contributed by atoms with E-state index in [-0.39, 0.29) is 18.1 Å². The number of aromatic amines is 2. The highest BCUT2D eigenvalue weighted by atomic mass is 35.5. The molecule has 0 spiro atoms. The lowest BCUT2D eigenvalue weighted by Gasteiger charge is -2.09. The lowest BCUT2D eigenvalue weighted by atomic mass is 10.0. The molecule has 3 rings (SSSR count). The topological polar surface area (TPSA) is 60.7 Å². The van der Waals surface area contributed by atoms with Crippen molar-refractivity contribution in [2.24, 2.45) is 0 Å². The lowest BCUT2D eigenvalue weighted by molar-refractivity contribution is 0.865. The number of imidazole rings is 1. The van der Waals surface area contributed by atoms with Gasteiger partial charge in [0.1, 0.15) is 0 Å². The molecule has 3 aromatic rings. The van der Waals surface area contributed by atoms with Gasteiger partial charge in [-0.2, -0.15) is 0 Å². The minimum absolute atomic E-state index is 0. The monoisotopic (exact) mass is 317 g/mol. The van der Waals surface area contributed by atoms with Crippen molar-refractivity contribution in [3.8, 4) is 0 Å². The van der Waals surface area contributed by atoms with Crippen LogP contribution in [0.1, 0.15) is 30.9 Å². The van der Waals surface area contributed by atoms with Crippen molar-refractivity contribution in [2.45, 2.75) is 26.3 Å². The smallest absolute Gasteiger partial charge is 0.323 e. The molecule has 2 aromatic carbocycles. The van der Waals surface area contributed by atoms with Gasteiger partial charge in [-0.05, 0) is 35.2 Å². The van der Waals surface area contributed by atoms with Crippen LogP contribution in [-0.4, -0.2) is 9.97 Å². The molecule has 5 heteroatoms. The number of halogens is 1. The Kier molecular flexibility index (Phi) is 4.93. The zero-order valence-corrected chi connectivity index (χ0v) is 13.5. The maximum absolute atomic E-state index is 11.2. The molecule has 3 N–H and O–H groups in total. The standard InChI is InChI=1S/C17H19N3O.ClH/c1-11(2)13-5-3-12(4-6-13)10-18-14-7-8-15-16(9-14)20-17(21)19-15;/h3-9,11,18H,10H2,1-2H3,(H2,19,20,21);1H. The Bertz CT molecular complexity index is 803. The summed E-state index contributed by atoms with van der Waals surface area (Å²) in [6.07, 6.45) is 0. The summed E-state index contributed by atoms with van der Waals surface area (Å²) in [6.45, 7) is 5.15. The summed E-state index contributed by atoms with van der Waals surface area (Å²) in [4.78, 5) is 16.7. The maximum Gasteiger partial charge on any atom is 0.323 e. The number of fused-ring (bicyclic) bond motifs is 1. The van der Waals surface area contributed by atoms with Crippen LogP contribution in [0.2, 0.25) is 0 Å².